The third kappa shape index (κ3) is 2.31. The lowest BCUT2D eigenvalue weighted by Crippen LogP contribution is -2.02. The SMILES string of the molecule is c1ccc(-c2[nH]ncc2NCc2cnc3ccnn3c2)cc1. The number of nitrogens with one attached hydrogen (secondary N) is 2. The number of rotatable bonds is 4. The largest absolute Gasteiger partial charge is 0.378 e. The maximum Gasteiger partial charge on any atom is 0.154 e. The fourth-order valence-electron chi connectivity index (χ4n) is 2.38. The first kappa shape index (κ1) is 12.6. The molecular weight excluding hydrogens is 276 g/mol. The van der Waals surface area contributed by atoms with E-state index >= 15 is 0 Å². The Morgan fingerprint density at radius 1 is 1.09 bits per heavy atom. The predicted molar refractivity (Wildman–Crippen MR) is 84.3 cm³/mol. The summed E-state index contributed by atoms with van der Waals surface area (Å²) in [5.41, 5.74) is 4.94. The molecule has 4 aromatic rings. The Balaban J connectivity index is 1.56. The number of aromatic nitrogens is 5. The molecule has 0 radical (unpaired) electrons. The standard InChI is InChI=1S/C16H14N6/c1-2-4-13(5-3-1)16-14(10-19-21-16)17-8-12-9-18-15-6-7-20-22(15)11-12/h1-7,9-11,17H,8H2,(H,19,21). The second-order valence-electron chi connectivity index (χ2n) is 4.97. The molecule has 0 saturated heterocycles. The zero-order valence-corrected chi connectivity index (χ0v) is 11.8. The molecule has 0 aliphatic carbocycles. The molecule has 0 atom stereocenters. The molecular formula is C16H14N6. The van der Waals surface area contributed by atoms with Crippen LogP contribution in [0.2, 0.25) is 0 Å². The first-order valence-electron chi connectivity index (χ1n) is 7.01. The van der Waals surface area contributed by atoms with Gasteiger partial charge >= 0.3 is 0 Å². The summed E-state index contributed by atoms with van der Waals surface area (Å²) in [7, 11) is 0. The van der Waals surface area contributed by atoms with Crippen molar-refractivity contribution in [3.05, 3.63) is 66.7 Å². The number of hydrogen-bond donors (Lipinski definition) is 2. The molecule has 0 unspecified atom stereocenters. The van der Waals surface area contributed by atoms with Gasteiger partial charge in [0, 0.05) is 36.1 Å². The van der Waals surface area contributed by atoms with Gasteiger partial charge in [0.2, 0.25) is 0 Å². The van der Waals surface area contributed by atoms with Gasteiger partial charge < -0.3 is 5.32 Å². The molecule has 3 aromatic heterocycles. The maximum atomic E-state index is 4.36. The van der Waals surface area contributed by atoms with Crippen LogP contribution in [0.5, 0.6) is 0 Å². The van der Waals surface area contributed by atoms with Crippen molar-refractivity contribution in [1.82, 2.24) is 24.8 Å². The molecule has 0 aliphatic heterocycles. The molecule has 0 aliphatic rings. The van der Waals surface area contributed by atoms with Crippen molar-refractivity contribution >= 4 is 11.3 Å². The molecule has 0 saturated carbocycles. The Kier molecular flexibility index (Phi) is 3.05. The zero-order valence-electron chi connectivity index (χ0n) is 11.8. The molecule has 2 N–H and O–H groups in total. The minimum atomic E-state index is 0.655. The van der Waals surface area contributed by atoms with Crippen LogP contribution in [-0.2, 0) is 6.54 Å². The average Bonchev–Trinajstić information content (AvgIpc) is 3.22. The minimum absolute atomic E-state index is 0.655. The third-order valence-corrected chi connectivity index (χ3v) is 3.48. The van der Waals surface area contributed by atoms with Gasteiger partial charge in [0.05, 0.1) is 23.8 Å². The molecule has 0 bridgehead atoms. The lowest BCUT2D eigenvalue weighted by Gasteiger charge is -2.07. The normalized spacial score (nSPS) is 10.9. The van der Waals surface area contributed by atoms with Crippen molar-refractivity contribution in [2.75, 3.05) is 5.32 Å². The van der Waals surface area contributed by atoms with Crippen LogP contribution in [0.1, 0.15) is 5.56 Å². The summed E-state index contributed by atoms with van der Waals surface area (Å²) in [4.78, 5) is 4.36. The molecule has 0 amide bonds. The van der Waals surface area contributed by atoms with Crippen LogP contribution in [-0.4, -0.2) is 24.8 Å². The number of fused-ring (bicyclic) bond motifs is 1. The second-order valence-corrected chi connectivity index (χ2v) is 4.97. The number of nitrogens with zero attached hydrogens (tertiary/aromatic N) is 4. The Morgan fingerprint density at radius 2 is 2.00 bits per heavy atom. The average molecular weight is 290 g/mol. The van der Waals surface area contributed by atoms with Crippen molar-refractivity contribution in [3.63, 3.8) is 0 Å². The van der Waals surface area contributed by atoms with Gasteiger partial charge in [-0.1, -0.05) is 30.3 Å². The van der Waals surface area contributed by atoms with E-state index in [2.05, 4.69) is 37.7 Å². The fourth-order valence-corrected chi connectivity index (χ4v) is 2.38. The van der Waals surface area contributed by atoms with Gasteiger partial charge in [-0.3, -0.25) is 5.10 Å². The molecule has 4 rings (SSSR count). The lowest BCUT2D eigenvalue weighted by molar-refractivity contribution is 0.913. The van der Waals surface area contributed by atoms with Gasteiger partial charge in [-0.15, -0.1) is 0 Å². The smallest absolute Gasteiger partial charge is 0.154 e. The van der Waals surface area contributed by atoms with Crippen molar-refractivity contribution in [1.29, 1.82) is 0 Å². The predicted octanol–water partition coefficient (Wildman–Crippen LogP) is 2.73. The second kappa shape index (κ2) is 5.33. The van der Waals surface area contributed by atoms with E-state index in [1.54, 1.807) is 16.9 Å². The Morgan fingerprint density at radius 3 is 2.91 bits per heavy atom. The van der Waals surface area contributed by atoms with E-state index in [1.165, 1.54) is 0 Å². The van der Waals surface area contributed by atoms with E-state index in [0.717, 1.165) is 28.2 Å². The van der Waals surface area contributed by atoms with Crippen LogP contribution in [0.25, 0.3) is 16.9 Å². The molecule has 22 heavy (non-hydrogen) atoms. The van der Waals surface area contributed by atoms with Crippen LogP contribution >= 0.6 is 0 Å². The van der Waals surface area contributed by atoms with Gasteiger partial charge in [-0.25, -0.2) is 9.50 Å². The summed E-state index contributed by atoms with van der Waals surface area (Å²) in [6, 6.07) is 12.0. The summed E-state index contributed by atoms with van der Waals surface area (Å²) in [5.74, 6) is 0. The maximum absolute atomic E-state index is 4.36. The quantitative estimate of drug-likeness (QED) is 0.606. The zero-order chi connectivity index (χ0) is 14.8. The van der Waals surface area contributed by atoms with Crippen LogP contribution in [0.3, 0.4) is 0 Å². The van der Waals surface area contributed by atoms with Crippen LogP contribution in [0, 0.1) is 0 Å². The van der Waals surface area contributed by atoms with Crippen molar-refractivity contribution in [3.8, 4) is 11.3 Å². The number of H-pyrrole nitrogens is 1. The van der Waals surface area contributed by atoms with E-state index in [0.29, 0.717) is 6.54 Å². The first-order valence-corrected chi connectivity index (χ1v) is 7.01. The van der Waals surface area contributed by atoms with Gasteiger partial charge in [-0.2, -0.15) is 10.2 Å². The number of hydrogen-bond acceptors (Lipinski definition) is 4. The van der Waals surface area contributed by atoms with Crippen LogP contribution in [0.4, 0.5) is 5.69 Å². The van der Waals surface area contributed by atoms with Gasteiger partial charge in [0.15, 0.2) is 5.65 Å². The third-order valence-electron chi connectivity index (χ3n) is 3.48. The van der Waals surface area contributed by atoms with Crippen molar-refractivity contribution < 1.29 is 0 Å². The lowest BCUT2D eigenvalue weighted by atomic mass is 10.1. The van der Waals surface area contributed by atoms with E-state index < -0.39 is 0 Å². The Bertz CT molecular complexity index is 893. The van der Waals surface area contributed by atoms with Crippen LogP contribution < -0.4 is 5.32 Å². The van der Waals surface area contributed by atoms with E-state index in [1.807, 2.05) is 36.7 Å². The van der Waals surface area contributed by atoms with Gasteiger partial charge in [0.25, 0.3) is 0 Å². The highest BCUT2D eigenvalue weighted by Crippen LogP contribution is 2.25. The number of aromatic amines is 1. The number of anilines is 1. The highest BCUT2D eigenvalue weighted by atomic mass is 15.2. The molecule has 6 heteroatoms. The van der Waals surface area contributed by atoms with Crippen LogP contribution in [0.15, 0.2) is 61.2 Å². The van der Waals surface area contributed by atoms with Crippen molar-refractivity contribution in [2.24, 2.45) is 0 Å². The molecule has 3 heterocycles. The van der Waals surface area contributed by atoms with Crippen molar-refractivity contribution in [2.45, 2.75) is 6.54 Å². The Labute approximate surface area is 126 Å². The number of benzene rings is 1. The summed E-state index contributed by atoms with van der Waals surface area (Å²) >= 11 is 0. The van der Waals surface area contributed by atoms with E-state index in [9.17, 15) is 0 Å². The fraction of sp³-hybridized carbons (Fsp3) is 0.0625. The summed E-state index contributed by atoms with van der Waals surface area (Å²) in [5, 5.41) is 14.8. The Hall–Kier alpha value is -3.15. The monoisotopic (exact) mass is 290 g/mol. The molecule has 6 nitrogen and oxygen atoms in total. The summed E-state index contributed by atoms with van der Waals surface area (Å²) in [6.07, 6.45) is 7.36. The van der Waals surface area contributed by atoms with E-state index in [4.69, 9.17) is 0 Å². The summed E-state index contributed by atoms with van der Waals surface area (Å²) in [6.45, 7) is 0.655. The molecule has 0 spiro atoms. The summed E-state index contributed by atoms with van der Waals surface area (Å²) < 4.78 is 1.77. The highest BCUT2D eigenvalue weighted by Gasteiger charge is 2.07. The first-order chi connectivity index (χ1) is 10.9. The minimum Gasteiger partial charge on any atom is -0.378 e. The topological polar surface area (TPSA) is 70.9 Å². The van der Waals surface area contributed by atoms with Gasteiger partial charge in [-0.05, 0) is 0 Å². The molecule has 108 valence electrons. The van der Waals surface area contributed by atoms with E-state index in [-0.39, 0.29) is 0 Å². The molecule has 1 aromatic carbocycles. The molecule has 0 fully saturated rings. The highest BCUT2D eigenvalue weighted by molar-refractivity contribution is 5.73. The van der Waals surface area contributed by atoms with Gasteiger partial charge in [0.1, 0.15) is 0 Å².